The van der Waals surface area contributed by atoms with E-state index in [0.717, 1.165) is 25.9 Å². The van der Waals surface area contributed by atoms with E-state index >= 15 is 0 Å². The van der Waals surface area contributed by atoms with Crippen molar-refractivity contribution in [3.8, 4) is 0 Å². The normalized spacial score (nSPS) is 19.7. The number of carbonyl (C=O) groups excluding carboxylic acids is 1. The van der Waals surface area contributed by atoms with E-state index in [2.05, 4.69) is 43.5 Å². The highest BCUT2D eigenvalue weighted by molar-refractivity contribution is 5.85. The number of benzene rings is 1. The van der Waals surface area contributed by atoms with E-state index in [0.29, 0.717) is 5.92 Å². The quantitative estimate of drug-likeness (QED) is 0.896. The third-order valence-electron chi connectivity index (χ3n) is 4.16. The van der Waals surface area contributed by atoms with E-state index in [4.69, 9.17) is 0 Å². The minimum atomic E-state index is 0. The van der Waals surface area contributed by atoms with Gasteiger partial charge in [0.15, 0.2) is 0 Å². The molecule has 1 aliphatic rings. The van der Waals surface area contributed by atoms with Crippen molar-refractivity contribution < 1.29 is 4.79 Å². The molecule has 1 fully saturated rings. The first kappa shape index (κ1) is 18.0. The second-order valence-electron chi connectivity index (χ2n) is 6.13. The Balaban J connectivity index is 0.00000220. The van der Waals surface area contributed by atoms with Gasteiger partial charge in [0.1, 0.15) is 0 Å². The fourth-order valence-corrected chi connectivity index (χ4v) is 2.89. The first-order valence-corrected chi connectivity index (χ1v) is 7.66. The van der Waals surface area contributed by atoms with Crippen molar-refractivity contribution in [3.05, 3.63) is 35.4 Å². The highest BCUT2D eigenvalue weighted by Gasteiger charge is 2.25. The van der Waals surface area contributed by atoms with Gasteiger partial charge in [-0.3, -0.25) is 4.79 Å². The van der Waals surface area contributed by atoms with Crippen LogP contribution in [0.4, 0.5) is 0 Å². The standard InChI is InChI=1S/C17H26N2O.ClH/c1-12(2)16(15-9-5-4-7-13(15)3)19-17(20)14-8-6-10-18-11-14;/h4-5,7,9,12,14,16,18H,6,8,10-11H2,1-3H3,(H,19,20);1H. The van der Waals surface area contributed by atoms with Crippen LogP contribution in [0.15, 0.2) is 24.3 Å². The van der Waals surface area contributed by atoms with Crippen LogP contribution in [0.5, 0.6) is 0 Å². The van der Waals surface area contributed by atoms with Crippen LogP contribution in [-0.2, 0) is 4.79 Å². The number of rotatable bonds is 4. The first-order chi connectivity index (χ1) is 9.59. The van der Waals surface area contributed by atoms with Crippen LogP contribution in [0, 0.1) is 18.8 Å². The molecule has 2 atom stereocenters. The summed E-state index contributed by atoms with van der Waals surface area (Å²) < 4.78 is 0. The predicted octanol–water partition coefficient (Wildman–Crippen LogP) is 3.23. The Labute approximate surface area is 134 Å². The molecule has 0 radical (unpaired) electrons. The molecule has 2 rings (SSSR count). The predicted molar refractivity (Wildman–Crippen MR) is 89.7 cm³/mol. The maximum absolute atomic E-state index is 12.4. The lowest BCUT2D eigenvalue weighted by Gasteiger charge is -2.28. The third kappa shape index (κ3) is 4.72. The second kappa shape index (κ2) is 8.40. The summed E-state index contributed by atoms with van der Waals surface area (Å²) in [6.45, 7) is 8.28. The molecule has 1 amide bonds. The average molecular weight is 311 g/mol. The zero-order valence-electron chi connectivity index (χ0n) is 13.2. The lowest BCUT2D eigenvalue weighted by molar-refractivity contribution is -0.126. The molecule has 21 heavy (non-hydrogen) atoms. The molecule has 1 heterocycles. The minimum Gasteiger partial charge on any atom is -0.349 e. The van der Waals surface area contributed by atoms with Crippen LogP contribution in [-0.4, -0.2) is 19.0 Å². The van der Waals surface area contributed by atoms with E-state index in [1.807, 2.05) is 12.1 Å². The van der Waals surface area contributed by atoms with E-state index in [1.165, 1.54) is 11.1 Å². The van der Waals surface area contributed by atoms with Gasteiger partial charge in [-0.15, -0.1) is 12.4 Å². The summed E-state index contributed by atoms with van der Waals surface area (Å²) in [5.74, 6) is 0.699. The Bertz CT molecular complexity index is 456. The lowest BCUT2D eigenvalue weighted by Crippen LogP contribution is -2.43. The molecule has 0 aliphatic carbocycles. The summed E-state index contributed by atoms with van der Waals surface area (Å²) in [4.78, 5) is 12.4. The summed E-state index contributed by atoms with van der Waals surface area (Å²) in [6.07, 6.45) is 2.09. The van der Waals surface area contributed by atoms with E-state index < -0.39 is 0 Å². The minimum absolute atomic E-state index is 0. The van der Waals surface area contributed by atoms with Gasteiger partial charge >= 0.3 is 0 Å². The van der Waals surface area contributed by atoms with Crippen LogP contribution in [0.1, 0.15) is 43.9 Å². The fourth-order valence-electron chi connectivity index (χ4n) is 2.89. The van der Waals surface area contributed by atoms with Crippen LogP contribution in [0.25, 0.3) is 0 Å². The molecular weight excluding hydrogens is 284 g/mol. The topological polar surface area (TPSA) is 41.1 Å². The van der Waals surface area contributed by atoms with Gasteiger partial charge in [-0.25, -0.2) is 0 Å². The van der Waals surface area contributed by atoms with Crippen molar-refractivity contribution in [1.82, 2.24) is 10.6 Å². The number of hydrogen-bond donors (Lipinski definition) is 2. The smallest absolute Gasteiger partial charge is 0.224 e. The van der Waals surface area contributed by atoms with Gasteiger partial charge in [0.05, 0.1) is 12.0 Å². The average Bonchev–Trinajstić information content (AvgIpc) is 2.46. The van der Waals surface area contributed by atoms with Crippen LogP contribution < -0.4 is 10.6 Å². The Morgan fingerprint density at radius 3 is 2.62 bits per heavy atom. The van der Waals surface area contributed by atoms with Crippen LogP contribution >= 0.6 is 12.4 Å². The molecule has 0 spiro atoms. The van der Waals surface area contributed by atoms with Gasteiger partial charge in [-0.1, -0.05) is 38.1 Å². The summed E-state index contributed by atoms with van der Waals surface area (Å²) in [5, 5.41) is 6.57. The number of amides is 1. The van der Waals surface area contributed by atoms with Crippen molar-refractivity contribution in [2.24, 2.45) is 11.8 Å². The maximum Gasteiger partial charge on any atom is 0.224 e. The number of piperidine rings is 1. The molecule has 1 aliphatic heterocycles. The lowest BCUT2D eigenvalue weighted by atomic mass is 9.91. The molecule has 1 aromatic rings. The molecule has 2 unspecified atom stereocenters. The number of aryl methyl sites for hydroxylation is 1. The molecule has 2 N–H and O–H groups in total. The molecule has 3 nitrogen and oxygen atoms in total. The number of halogens is 1. The molecule has 0 saturated carbocycles. The Hall–Kier alpha value is -1.06. The molecular formula is C17H27ClN2O. The van der Waals surface area contributed by atoms with Crippen molar-refractivity contribution in [1.29, 1.82) is 0 Å². The second-order valence-corrected chi connectivity index (χ2v) is 6.13. The molecule has 1 aromatic carbocycles. The Kier molecular flexibility index (Phi) is 7.20. The fraction of sp³-hybridized carbons (Fsp3) is 0.588. The van der Waals surface area contributed by atoms with Crippen molar-refractivity contribution >= 4 is 18.3 Å². The number of carbonyl (C=O) groups is 1. The molecule has 0 bridgehead atoms. The van der Waals surface area contributed by atoms with Gasteiger partial charge in [-0.2, -0.15) is 0 Å². The monoisotopic (exact) mass is 310 g/mol. The zero-order valence-corrected chi connectivity index (χ0v) is 14.0. The summed E-state index contributed by atoms with van der Waals surface area (Å²) in [7, 11) is 0. The van der Waals surface area contributed by atoms with Gasteiger partial charge in [0, 0.05) is 6.54 Å². The Morgan fingerprint density at radius 2 is 2.05 bits per heavy atom. The van der Waals surface area contributed by atoms with Crippen molar-refractivity contribution in [2.45, 2.75) is 39.7 Å². The van der Waals surface area contributed by atoms with E-state index in [9.17, 15) is 4.79 Å². The van der Waals surface area contributed by atoms with Gasteiger partial charge in [0.2, 0.25) is 5.91 Å². The zero-order chi connectivity index (χ0) is 14.5. The molecule has 4 heteroatoms. The Morgan fingerprint density at radius 1 is 1.33 bits per heavy atom. The van der Waals surface area contributed by atoms with E-state index in [-0.39, 0.29) is 30.3 Å². The van der Waals surface area contributed by atoms with Gasteiger partial charge < -0.3 is 10.6 Å². The van der Waals surface area contributed by atoms with Gasteiger partial charge in [-0.05, 0) is 43.4 Å². The molecule has 118 valence electrons. The summed E-state index contributed by atoms with van der Waals surface area (Å²) >= 11 is 0. The number of hydrogen-bond acceptors (Lipinski definition) is 2. The summed E-state index contributed by atoms with van der Waals surface area (Å²) in [6, 6.07) is 8.43. The number of nitrogens with one attached hydrogen (secondary N) is 2. The van der Waals surface area contributed by atoms with Crippen molar-refractivity contribution in [3.63, 3.8) is 0 Å². The van der Waals surface area contributed by atoms with E-state index in [1.54, 1.807) is 0 Å². The maximum atomic E-state index is 12.4. The summed E-state index contributed by atoms with van der Waals surface area (Å²) in [5.41, 5.74) is 2.48. The van der Waals surface area contributed by atoms with Gasteiger partial charge in [0.25, 0.3) is 0 Å². The van der Waals surface area contributed by atoms with Crippen molar-refractivity contribution in [2.75, 3.05) is 13.1 Å². The first-order valence-electron chi connectivity index (χ1n) is 7.66. The largest absolute Gasteiger partial charge is 0.349 e. The van der Waals surface area contributed by atoms with Crippen LogP contribution in [0.2, 0.25) is 0 Å². The van der Waals surface area contributed by atoms with Crippen LogP contribution in [0.3, 0.4) is 0 Å². The third-order valence-corrected chi connectivity index (χ3v) is 4.16. The molecule has 1 saturated heterocycles. The SMILES string of the molecule is Cc1ccccc1C(NC(=O)C1CCCNC1)C(C)C.Cl. The molecule has 0 aromatic heterocycles. The highest BCUT2D eigenvalue weighted by Crippen LogP contribution is 2.25. The highest BCUT2D eigenvalue weighted by atomic mass is 35.5.